The fourth-order valence-electron chi connectivity index (χ4n) is 1.82. The van der Waals surface area contributed by atoms with Crippen LogP contribution >= 0.6 is 11.6 Å². The first-order chi connectivity index (χ1) is 9.08. The lowest BCUT2D eigenvalue weighted by Gasteiger charge is -2.25. The van der Waals surface area contributed by atoms with Crippen molar-refractivity contribution >= 4 is 23.5 Å². The third kappa shape index (κ3) is 3.38. The number of nitrogens with zero attached hydrogens (tertiary/aromatic N) is 1. The molecular weight excluding hydrogens is 268 g/mol. The van der Waals surface area contributed by atoms with Gasteiger partial charge in [0.05, 0.1) is 11.6 Å². The number of halogens is 1. The molecule has 0 unspecified atom stereocenters. The van der Waals surface area contributed by atoms with E-state index in [4.69, 9.17) is 16.3 Å². The van der Waals surface area contributed by atoms with Crippen LogP contribution in [-0.2, 0) is 4.79 Å². The van der Waals surface area contributed by atoms with Crippen molar-refractivity contribution in [1.29, 1.82) is 0 Å². The quantitative estimate of drug-likeness (QED) is 0.918. The van der Waals surface area contributed by atoms with Crippen LogP contribution < -0.4 is 10.1 Å². The van der Waals surface area contributed by atoms with Crippen LogP contribution in [0.25, 0.3) is 0 Å². The number of benzene rings is 1. The van der Waals surface area contributed by atoms with Crippen molar-refractivity contribution in [3.8, 4) is 5.75 Å². The molecule has 3 amide bonds. The van der Waals surface area contributed by atoms with Crippen LogP contribution in [0, 0.1) is 6.92 Å². The molecule has 0 atom stereocenters. The molecule has 0 bridgehead atoms. The van der Waals surface area contributed by atoms with Gasteiger partial charge in [0, 0.05) is 13.0 Å². The zero-order chi connectivity index (χ0) is 13.8. The topological polar surface area (TPSA) is 58.6 Å². The summed E-state index contributed by atoms with van der Waals surface area (Å²) in [6.07, 6.45) is 0.330. The van der Waals surface area contributed by atoms with Crippen LogP contribution in [0.2, 0.25) is 5.02 Å². The summed E-state index contributed by atoms with van der Waals surface area (Å²) in [5.41, 5.74) is 1.04. The molecule has 0 spiro atoms. The Labute approximate surface area is 116 Å². The van der Waals surface area contributed by atoms with Crippen molar-refractivity contribution < 1.29 is 14.3 Å². The Kier molecular flexibility index (Phi) is 4.27. The molecule has 1 fully saturated rings. The summed E-state index contributed by atoms with van der Waals surface area (Å²) in [5.74, 6) is 0.375. The Balaban J connectivity index is 1.89. The van der Waals surface area contributed by atoms with E-state index in [1.54, 1.807) is 12.1 Å². The molecule has 5 nitrogen and oxygen atoms in total. The van der Waals surface area contributed by atoms with Crippen LogP contribution in [0.4, 0.5) is 4.79 Å². The number of nitrogens with one attached hydrogen (secondary N) is 1. The summed E-state index contributed by atoms with van der Waals surface area (Å²) >= 11 is 6.02. The van der Waals surface area contributed by atoms with Gasteiger partial charge in [-0.2, -0.15) is 0 Å². The van der Waals surface area contributed by atoms with Gasteiger partial charge in [-0.25, -0.2) is 4.79 Å². The molecule has 1 aromatic rings. The number of carbonyl (C=O) groups is 2. The number of aryl methyl sites for hydroxylation is 1. The number of hydrogen-bond donors (Lipinski definition) is 1. The molecular formula is C13H15ClN2O3. The highest BCUT2D eigenvalue weighted by Gasteiger charge is 2.25. The zero-order valence-corrected chi connectivity index (χ0v) is 11.4. The largest absolute Gasteiger partial charge is 0.490 e. The van der Waals surface area contributed by atoms with Crippen molar-refractivity contribution in [2.45, 2.75) is 13.3 Å². The molecule has 0 aromatic heterocycles. The molecule has 1 saturated heterocycles. The summed E-state index contributed by atoms with van der Waals surface area (Å²) in [5, 5.41) is 3.14. The first kappa shape index (κ1) is 13.7. The van der Waals surface area contributed by atoms with Crippen LogP contribution in [0.15, 0.2) is 18.2 Å². The minimum absolute atomic E-state index is 0.178. The molecule has 1 aliphatic rings. The van der Waals surface area contributed by atoms with Gasteiger partial charge in [0.15, 0.2) is 0 Å². The average Bonchev–Trinajstić information content (AvgIpc) is 2.35. The van der Waals surface area contributed by atoms with Gasteiger partial charge >= 0.3 is 6.03 Å². The van der Waals surface area contributed by atoms with E-state index in [2.05, 4.69) is 5.32 Å². The second-order valence-corrected chi connectivity index (χ2v) is 4.72. The average molecular weight is 283 g/mol. The third-order valence-electron chi connectivity index (χ3n) is 2.82. The summed E-state index contributed by atoms with van der Waals surface area (Å²) in [4.78, 5) is 24.2. The highest BCUT2D eigenvalue weighted by atomic mass is 35.5. The number of carbonyl (C=O) groups excluding carboxylic acids is 2. The van der Waals surface area contributed by atoms with Crippen molar-refractivity contribution in [1.82, 2.24) is 10.2 Å². The van der Waals surface area contributed by atoms with Crippen molar-refractivity contribution in [2.75, 3.05) is 19.7 Å². The van der Waals surface area contributed by atoms with Gasteiger partial charge in [-0.3, -0.25) is 9.69 Å². The molecule has 19 heavy (non-hydrogen) atoms. The number of ether oxygens (including phenoxy) is 1. The van der Waals surface area contributed by atoms with Crippen molar-refractivity contribution in [2.24, 2.45) is 0 Å². The first-order valence-electron chi connectivity index (χ1n) is 6.05. The molecule has 102 valence electrons. The Morgan fingerprint density at radius 1 is 1.42 bits per heavy atom. The number of rotatable bonds is 4. The lowest BCUT2D eigenvalue weighted by Crippen LogP contribution is -2.51. The maximum atomic E-state index is 11.5. The van der Waals surface area contributed by atoms with Gasteiger partial charge in [-0.15, -0.1) is 0 Å². The van der Waals surface area contributed by atoms with E-state index in [1.807, 2.05) is 13.0 Å². The van der Waals surface area contributed by atoms with E-state index in [9.17, 15) is 9.59 Å². The Morgan fingerprint density at radius 2 is 2.21 bits per heavy atom. The van der Waals surface area contributed by atoms with E-state index in [0.29, 0.717) is 23.7 Å². The molecule has 1 aromatic carbocycles. The fraction of sp³-hybridized carbons (Fsp3) is 0.385. The first-order valence-corrected chi connectivity index (χ1v) is 6.43. The van der Waals surface area contributed by atoms with Crippen molar-refractivity contribution in [3.63, 3.8) is 0 Å². The lowest BCUT2D eigenvalue weighted by atomic mass is 10.2. The van der Waals surface area contributed by atoms with Gasteiger partial charge in [-0.1, -0.05) is 17.7 Å². The minimum atomic E-state index is -0.366. The van der Waals surface area contributed by atoms with Crippen LogP contribution in [0.3, 0.4) is 0 Å². The van der Waals surface area contributed by atoms with Gasteiger partial charge in [0.2, 0.25) is 5.91 Å². The number of hydrogen-bond acceptors (Lipinski definition) is 3. The van der Waals surface area contributed by atoms with Crippen LogP contribution in [0.1, 0.15) is 12.0 Å². The molecule has 1 aliphatic heterocycles. The van der Waals surface area contributed by atoms with Crippen molar-refractivity contribution in [3.05, 3.63) is 28.8 Å². The third-order valence-corrected chi connectivity index (χ3v) is 3.12. The van der Waals surface area contributed by atoms with Gasteiger partial charge in [0.25, 0.3) is 0 Å². The summed E-state index contributed by atoms with van der Waals surface area (Å²) in [7, 11) is 0. The Morgan fingerprint density at radius 3 is 2.89 bits per heavy atom. The van der Waals surface area contributed by atoms with Gasteiger partial charge < -0.3 is 10.1 Å². The maximum Gasteiger partial charge on any atom is 0.324 e. The van der Waals surface area contributed by atoms with E-state index in [1.165, 1.54) is 0 Å². The smallest absolute Gasteiger partial charge is 0.324 e. The monoisotopic (exact) mass is 282 g/mol. The molecule has 6 heteroatoms. The van der Waals surface area contributed by atoms with Crippen LogP contribution in [0.5, 0.6) is 5.75 Å². The van der Waals surface area contributed by atoms with E-state index < -0.39 is 0 Å². The summed E-state index contributed by atoms with van der Waals surface area (Å²) in [6.45, 7) is 2.78. The predicted molar refractivity (Wildman–Crippen MR) is 71.4 cm³/mol. The highest BCUT2D eigenvalue weighted by molar-refractivity contribution is 6.32. The number of amides is 3. The van der Waals surface area contributed by atoms with Gasteiger partial charge in [0.1, 0.15) is 12.4 Å². The predicted octanol–water partition coefficient (Wildman–Crippen LogP) is 1.97. The SMILES string of the molecule is Cc1ccc(OCCN2C(=O)CCNC2=O)c(Cl)c1. The lowest BCUT2D eigenvalue weighted by molar-refractivity contribution is -0.129. The highest BCUT2D eigenvalue weighted by Crippen LogP contribution is 2.25. The molecule has 0 radical (unpaired) electrons. The zero-order valence-electron chi connectivity index (χ0n) is 10.6. The number of imide groups is 1. The minimum Gasteiger partial charge on any atom is -0.490 e. The van der Waals surface area contributed by atoms with E-state index >= 15 is 0 Å². The molecule has 1 heterocycles. The second kappa shape index (κ2) is 5.93. The van der Waals surface area contributed by atoms with E-state index in [-0.39, 0.29) is 25.1 Å². The summed E-state index contributed by atoms with van der Waals surface area (Å²) < 4.78 is 5.49. The second-order valence-electron chi connectivity index (χ2n) is 4.31. The van der Waals surface area contributed by atoms with Gasteiger partial charge in [-0.05, 0) is 24.6 Å². The Hall–Kier alpha value is -1.75. The molecule has 2 rings (SSSR count). The standard InChI is InChI=1S/C13H15ClN2O3/c1-9-2-3-11(10(14)8-9)19-7-6-16-12(17)4-5-15-13(16)18/h2-3,8H,4-7H2,1H3,(H,15,18). The van der Waals surface area contributed by atoms with Crippen LogP contribution in [-0.4, -0.2) is 36.5 Å². The molecule has 1 N–H and O–H groups in total. The maximum absolute atomic E-state index is 11.5. The molecule has 0 saturated carbocycles. The Bertz CT molecular complexity index is 489. The fourth-order valence-corrected chi connectivity index (χ4v) is 2.11. The summed E-state index contributed by atoms with van der Waals surface area (Å²) in [6, 6.07) is 5.10. The molecule has 0 aliphatic carbocycles. The normalized spacial score (nSPS) is 15.4. The van der Waals surface area contributed by atoms with E-state index in [0.717, 1.165) is 10.5 Å². The number of urea groups is 1.